The van der Waals surface area contributed by atoms with Crippen LogP contribution in [0.25, 0.3) is 6.08 Å². The molecule has 1 aliphatic rings. The SMILES string of the molecule is COC(=O)CN1C(=O)/C(=C\c2cc(F)c(OCc3nnc[nH]3)c(OC)c2)N(C)C1=S. The van der Waals surface area contributed by atoms with E-state index in [9.17, 15) is 14.0 Å². The number of rotatable bonds is 7. The number of thiocarbonyl (C=S) groups is 1. The molecule has 30 heavy (non-hydrogen) atoms. The number of methoxy groups -OCH3 is 2. The van der Waals surface area contributed by atoms with E-state index < -0.39 is 17.7 Å². The molecule has 1 aromatic heterocycles. The summed E-state index contributed by atoms with van der Waals surface area (Å²) in [5, 5.41) is 7.52. The quantitative estimate of drug-likeness (QED) is 0.388. The Morgan fingerprint density at radius 1 is 1.37 bits per heavy atom. The third kappa shape index (κ3) is 4.22. The number of carbonyl (C=O) groups is 2. The van der Waals surface area contributed by atoms with Crippen LogP contribution in [-0.2, 0) is 20.9 Å². The predicted octanol–water partition coefficient (Wildman–Crippen LogP) is 1.10. The maximum absolute atomic E-state index is 14.7. The number of ether oxygens (including phenoxy) is 3. The Kier molecular flexibility index (Phi) is 6.26. The van der Waals surface area contributed by atoms with Crippen molar-refractivity contribution in [3.63, 3.8) is 0 Å². The van der Waals surface area contributed by atoms with Gasteiger partial charge in [-0.15, -0.1) is 10.2 Å². The number of carbonyl (C=O) groups excluding carboxylic acids is 2. The normalized spacial score (nSPS) is 15.1. The lowest BCUT2D eigenvalue weighted by Crippen LogP contribution is -2.36. The molecule has 1 aromatic carbocycles. The summed E-state index contributed by atoms with van der Waals surface area (Å²) in [6, 6.07) is 2.71. The van der Waals surface area contributed by atoms with Crippen LogP contribution in [0.1, 0.15) is 11.4 Å². The minimum Gasteiger partial charge on any atom is -0.493 e. The van der Waals surface area contributed by atoms with Gasteiger partial charge in [0.15, 0.2) is 28.3 Å². The number of hydrogen-bond acceptors (Lipinski definition) is 8. The van der Waals surface area contributed by atoms with Gasteiger partial charge in [-0.3, -0.25) is 14.5 Å². The van der Waals surface area contributed by atoms with Gasteiger partial charge >= 0.3 is 5.97 Å². The Morgan fingerprint density at radius 3 is 2.77 bits per heavy atom. The van der Waals surface area contributed by atoms with Gasteiger partial charge in [-0.2, -0.15) is 0 Å². The highest BCUT2D eigenvalue weighted by Crippen LogP contribution is 2.33. The summed E-state index contributed by atoms with van der Waals surface area (Å²) in [7, 11) is 4.16. The van der Waals surface area contributed by atoms with E-state index in [0.29, 0.717) is 11.4 Å². The van der Waals surface area contributed by atoms with E-state index >= 15 is 0 Å². The topological polar surface area (TPSA) is 110 Å². The number of esters is 1. The fraction of sp³-hybridized carbons (Fsp3) is 0.278. The van der Waals surface area contributed by atoms with Crippen LogP contribution in [0.2, 0.25) is 0 Å². The number of hydrogen-bond donors (Lipinski definition) is 1. The number of likely N-dealkylation sites (N-methyl/N-ethyl adjacent to an activating group) is 1. The summed E-state index contributed by atoms with van der Waals surface area (Å²) in [5.74, 6) is -1.37. The first-order chi connectivity index (χ1) is 14.3. The van der Waals surface area contributed by atoms with Crippen LogP contribution in [0.15, 0.2) is 24.2 Å². The standard InChI is InChI=1S/C18H18FN5O5S/c1-23-12(17(26)24(18(23)30)7-15(25)28-3)5-10-4-11(19)16(13(6-10)27-2)29-8-14-20-9-21-22-14/h4-6,9H,7-8H2,1-3H3,(H,20,21,22)/b12-5+. The van der Waals surface area contributed by atoms with Gasteiger partial charge in [0.2, 0.25) is 0 Å². The first-order valence-corrected chi connectivity index (χ1v) is 8.99. The molecule has 0 atom stereocenters. The smallest absolute Gasteiger partial charge is 0.325 e. The van der Waals surface area contributed by atoms with E-state index in [1.165, 1.54) is 43.7 Å². The number of aromatic nitrogens is 3. The van der Waals surface area contributed by atoms with Gasteiger partial charge in [-0.1, -0.05) is 0 Å². The second-order valence-electron chi connectivity index (χ2n) is 6.10. The van der Waals surface area contributed by atoms with E-state index in [2.05, 4.69) is 19.9 Å². The molecule has 1 aliphatic heterocycles. The van der Waals surface area contributed by atoms with E-state index in [0.717, 1.165) is 4.90 Å². The molecule has 1 saturated heterocycles. The zero-order valence-corrected chi connectivity index (χ0v) is 17.2. The first-order valence-electron chi connectivity index (χ1n) is 8.59. The maximum Gasteiger partial charge on any atom is 0.325 e. The number of aromatic amines is 1. The van der Waals surface area contributed by atoms with Gasteiger partial charge in [-0.25, -0.2) is 4.39 Å². The number of H-pyrrole nitrogens is 1. The van der Waals surface area contributed by atoms with Crippen LogP contribution in [-0.4, -0.2) is 69.8 Å². The first kappa shape index (κ1) is 21.2. The van der Waals surface area contributed by atoms with Gasteiger partial charge in [0.1, 0.15) is 25.2 Å². The van der Waals surface area contributed by atoms with Gasteiger partial charge < -0.3 is 24.1 Å². The molecule has 2 aromatic rings. The van der Waals surface area contributed by atoms with Crippen molar-refractivity contribution in [2.24, 2.45) is 0 Å². The Labute approximate surface area is 176 Å². The average Bonchev–Trinajstić information content (AvgIpc) is 3.32. The molecule has 158 valence electrons. The summed E-state index contributed by atoms with van der Waals surface area (Å²) in [5.41, 5.74) is 0.509. The maximum atomic E-state index is 14.7. The van der Waals surface area contributed by atoms with Crippen molar-refractivity contribution in [1.82, 2.24) is 25.0 Å². The summed E-state index contributed by atoms with van der Waals surface area (Å²) in [6.45, 7) is -0.354. The van der Waals surface area contributed by atoms with Gasteiger partial charge in [0.25, 0.3) is 5.91 Å². The molecule has 0 radical (unpaired) electrons. The minimum absolute atomic E-state index is 0.0360. The molecule has 1 fully saturated rings. The summed E-state index contributed by atoms with van der Waals surface area (Å²) < 4.78 is 30.0. The molecule has 1 amide bonds. The van der Waals surface area contributed by atoms with E-state index in [4.69, 9.17) is 21.7 Å². The monoisotopic (exact) mass is 435 g/mol. The van der Waals surface area contributed by atoms with Crippen LogP contribution in [0, 0.1) is 5.82 Å². The number of nitrogens with one attached hydrogen (secondary N) is 1. The highest BCUT2D eigenvalue weighted by molar-refractivity contribution is 7.80. The second kappa shape index (κ2) is 8.86. The molecule has 1 N–H and O–H groups in total. The molecule has 10 nitrogen and oxygen atoms in total. The third-order valence-electron chi connectivity index (χ3n) is 4.23. The van der Waals surface area contributed by atoms with Crippen LogP contribution < -0.4 is 9.47 Å². The molecule has 0 unspecified atom stereocenters. The lowest BCUT2D eigenvalue weighted by Gasteiger charge is -2.14. The van der Waals surface area contributed by atoms with Crippen molar-refractivity contribution in [3.05, 3.63) is 41.4 Å². The van der Waals surface area contributed by atoms with Crippen molar-refractivity contribution in [1.29, 1.82) is 0 Å². The molecule has 12 heteroatoms. The minimum atomic E-state index is -0.692. The molecule has 0 saturated carbocycles. The highest BCUT2D eigenvalue weighted by atomic mass is 32.1. The predicted molar refractivity (Wildman–Crippen MR) is 106 cm³/mol. The molecular formula is C18H18FN5O5S. The number of halogens is 1. The third-order valence-corrected chi connectivity index (χ3v) is 4.73. The zero-order chi connectivity index (χ0) is 21.8. The Bertz CT molecular complexity index is 1010. The Morgan fingerprint density at radius 2 is 2.13 bits per heavy atom. The van der Waals surface area contributed by atoms with Crippen LogP contribution in [0.5, 0.6) is 11.5 Å². The molecule has 3 rings (SSSR count). The molecular weight excluding hydrogens is 417 g/mol. The number of benzene rings is 1. The summed E-state index contributed by atoms with van der Waals surface area (Å²) in [4.78, 5) is 29.5. The highest BCUT2D eigenvalue weighted by Gasteiger charge is 2.37. The summed E-state index contributed by atoms with van der Waals surface area (Å²) in [6.07, 6.45) is 2.82. The molecule has 0 bridgehead atoms. The van der Waals surface area contributed by atoms with E-state index in [1.807, 2.05) is 0 Å². The van der Waals surface area contributed by atoms with Crippen LogP contribution >= 0.6 is 12.2 Å². The summed E-state index contributed by atoms with van der Waals surface area (Å²) >= 11 is 5.22. The molecule has 0 aliphatic carbocycles. The largest absolute Gasteiger partial charge is 0.493 e. The Balaban J connectivity index is 1.87. The molecule has 2 heterocycles. The van der Waals surface area contributed by atoms with Crippen molar-refractivity contribution < 1.29 is 28.2 Å². The van der Waals surface area contributed by atoms with Gasteiger partial charge in [0, 0.05) is 7.05 Å². The number of nitrogens with zero attached hydrogens (tertiary/aromatic N) is 4. The van der Waals surface area contributed by atoms with Gasteiger partial charge in [-0.05, 0) is 36.0 Å². The van der Waals surface area contributed by atoms with Gasteiger partial charge in [0.05, 0.1) is 14.2 Å². The average molecular weight is 435 g/mol. The lowest BCUT2D eigenvalue weighted by atomic mass is 10.1. The second-order valence-corrected chi connectivity index (χ2v) is 6.46. The van der Waals surface area contributed by atoms with Crippen LogP contribution in [0.3, 0.4) is 0 Å². The van der Waals surface area contributed by atoms with Crippen molar-refractivity contribution in [2.75, 3.05) is 27.8 Å². The zero-order valence-electron chi connectivity index (χ0n) is 16.3. The van der Waals surface area contributed by atoms with Crippen LogP contribution in [0.4, 0.5) is 4.39 Å². The lowest BCUT2D eigenvalue weighted by molar-refractivity contribution is -0.143. The number of amides is 1. The fourth-order valence-electron chi connectivity index (χ4n) is 2.71. The molecule has 0 spiro atoms. The van der Waals surface area contributed by atoms with E-state index in [-0.39, 0.29) is 35.5 Å². The van der Waals surface area contributed by atoms with E-state index in [1.54, 1.807) is 7.05 Å². The van der Waals surface area contributed by atoms with Crippen molar-refractivity contribution >= 4 is 35.3 Å². The Hall–Kier alpha value is -3.54. The fourth-order valence-corrected chi connectivity index (χ4v) is 2.95. The van der Waals surface area contributed by atoms with Crippen molar-refractivity contribution in [2.45, 2.75) is 6.61 Å². The van der Waals surface area contributed by atoms with Crippen molar-refractivity contribution in [3.8, 4) is 11.5 Å².